The summed E-state index contributed by atoms with van der Waals surface area (Å²) >= 11 is 1.90. The monoisotopic (exact) mass is 612 g/mol. The molecule has 4 aliphatic carbocycles. The van der Waals surface area contributed by atoms with Crippen molar-refractivity contribution in [2.45, 2.75) is 73.5 Å². The maximum absolute atomic E-state index is 5.34. The highest BCUT2D eigenvalue weighted by molar-refractivity contribution is 8.00. The second-order valence-electron chi connectivity index (χ2n) is 14.4. The molecule has 1 spiro atoms. The van der Waals surface area contributed by atoms with Crippen molar-refractivity contribution in [2.75, 3.05) is 0 Å². The summed E-state index contributed by atoms with van der Waals surface area (Å²) in [6.07, 6.45) is 14.3. The van der Waals surface area contributed by atoms with E-state index in [9.17, 15) is 0 Å². The highest BCUT2D eigenvalue weighted by Gasteiger charge is 2.46. The Labute approximate surface area is 275 Å². The van der Waals surface area contributed by atoms with Gasteiger partial charge >= 0.3 is 0 Å². The Hall–Kier alpha value is -4.21. The van der Waals surface area contributed by atoms with Crippen molar-refractivity contribution in [3.63, 3.8) is 0 Å². The summed E-state index contributed by atoms with van der Waals surface area (Å²) in [5.41, 5.74) is 17.6. The predicted octanol–water partition coefficient (Wildman–Crippen LogP) is 11.2. The zero-order valence-electron chi connectivity index (χ0n) is 26.4. The van der Waals surface area contributed by atoms with E-state index in [1.807, 2.05) is 11.8 Å². The van der Waals surface area contributed by atoms with E-state index in [4.69, 9.17) is 9.97 Å². The van der Waals surface area contributed by atoms with Crippen molar-refractivity contribution < 1.29 is 0 Å². The van der Waals surface area contributed by atoms with Gasteiger partial charge in [-0.2, -0.15) is 0 Å². The Balaban J connectivity index is 1.13. The molecule has 0 bridgehead atoms. The molecule has 0 N–H and O–H groups in total. The van der Waals surface area contributed by atoms with Gasteiger partial charge in [-0.25, -0.2) is 9.97 Å². The van der Waals surface area contributed by atoms with Crippen LogP contribution in [-0.4, -0.2) is 15.2 Å². The van der Waals surface area contributed by atoms with Gasteiger partial charge in [0.2, 0.25) is 0 Å². The molecule has 5 aliphatic rings. The topological polar surface area (TPSA) is 25.8 Å². The molecule has 10 rings (SSSR count). The van der Waals surface area contributed by atoms with Crippen LogP contribution in [0.1, 0.15) is 80.2 Å². The summed E-state index contributed by atoms with van der Waals surface area (Å²) in [4.78, 5) is 10.6. The number of allylic oxidation sites excluding steroid dienone is 3. The average Bonchev–Trinajstić information content (AvgIpc) is 3.68. The molecule has 1 saturated carbocycles. The fourth-order valence-corrected chi connectivity index (χ4v) is 10.6. The summed E-state index contributed by atoms with van der Waals surface area (Å²) in [5, 5.41) is 1.53. The van der Waals surface area contributed by atoms with E-state index >= 15 is 0 Å². The molecule has 0 amide bonds. The van der Waals surface area contributed by atoms with Gasteiger partial charge < -0.3 is 0 Å². The minimum atomic E-state index is -0.119. The smallest absolute Gasteiger partial charge is 0.161 e. The lowest BCUT2D eigenvalue weighted by Crippen LogP contribution is -2.28. The summed E-state index contributed by atoms with van der Waals surface area (Å²) < 4.78 is 0. The molecule has 4 aromatic carbocycles. The Bertz CT molecular complexity index is 2160. The first-order valence-electron chi connectivity index (χ1n) is 17.0. The van der Waals surface area contributed by atoms with Crippen LogP contribution in [0.3, 0.4) is 0 Å². The lowest BCUT2D eigenvalue weighted by Gasteiger charge is -2.36. The van der Waals surface area contributed by atoms with Crippen LogP contribution in [0.4, 0.5) is 0 Å². The Kier molecular flexibility index (Phi) is 5.66. The molecule has 0 saturated heterocycles. The van der Waals surface area contributed by atoms with Crippen LogP contribution in [-0.2, 0) is 10.8 Å². The number of hydrogen-bond donors (Lipinski definition) is 0. The van der Waals surface area contributed by atoms with E-state index < -0.39 is 0 Å². The van der Waals surface area contributed by atoms with Crippen LogP contribution >= 0.6 is 11.8 Å². The highest BCUT2D eigenvalue weighted by Crippen LogP contribution is 2.60. The van der Waals surface area contributed by atoms with E-state index in [1.54, 1.807) is 11.1 Å². The molecule has 0 radical (unpaired) electrons. The Morgan fingerprint density at radius 3 is 2.28 bits per heavy atom. The molecule has 2 heterocycles. The Morgan fingerprint density at radius 1 is 0.674 bits per heavy atom. The molecular formula is C43H36N2S. The maximum Gasteiger partial charge on any atom is 0.161 e. The van der Waals surface area contributed by atoms with Crippen molar-refractivity contribution in [2.24, 2.45) is 0 Å². The third-order valence-corrected chi connectivity index (χ3v) is 12.9. The molecule has 5 aromatic rings. The molecular weight excluding hydrogens is 577 g/mol. The molecule has 1 atom stereocenters. The van der Waals surface area contributed by atoms with E-state index in [2.05, 4.69) is 117 Å². The first-order valence-corrected chi connectivity index (χ1v) is 17.9. The van der Waals surface area contributed by atoms with Gasteiger partial charge in [0.1, 0.15) is 5.03 Å². The molecule has 224 valence electrons. The van der Waals surface area contributed by atoms with Crippen molar-refractivity contribution in [3.05, 3.63) is 131 Å². The third-order valence-electron chi connectivity index (χ3n) is 11.6. The molecule has 1 aliphatic heterocycles. The van der Waals surface area contributed by atoms with Crippen molar-refractivity contribution in [1.82, 2.24) is 9.97 Å². The maximum atomic E-state index is 5.34. The number of nitrogens with zero attached hydrogens (tertiary/aromatic N) is 2. The molecule has 46 heavy (non-hydrogen) atoms. The summed E-state index contributed by atoms with van der Waals surface area (Å²) in [7, 11) is 0. The summed E-state index contributed by atoms with van der Waals surface area (Å²) in [6, 6.07) is 32.1. The first kappa shape index (κ1) is 27.0. The van der Waals surface area contributed by atoms with Crippen LogP contribution in [0.5, 0.6) is 0 Å². The lowest BCUT2D eigenvalue weighted by molar-refractivity contribution is 0.353. The number of aromatic nitrogens is 2. The molecule has 1 fully saturated rings. The zero-order valence-corrected chi connectivity index (χ0v) is 27.3. The fourth-order valence-electron chi connectivity index (χ4n) is 9.33. The van der Waals surface area contributed by atoms with Crippen LogP contribution in [0, 0.1) is 0 Å². The quantitative estimate of drug-likeness (QED) is 0.186. The van der Waals surface area contributed by atoms with E-state index in [0.717, 1.165) is 34.1 Å². The van der Waals surface area contributed by atoms with Gasteiger partial charge in [-0.15, -0.1) is 0 Å². The van der Waals surface area contributed by atoms with E-state index in [1.165, 1.54) is 76.6 Å². The first-order chi connectivity index (χ1) is 22.5. The molecule has 2 nitrogen and oxygen atoms in total. The fraction of sp³-hybridized carbons (Fsp3) is 0.256. The van der Waals surface area contributed by atoms with Gasteiger partial charge in [-0.3, -0.25) is 0 Å². The van der Waals surface area contributed by atoms with Crippen molar-refractivity contribution in [3.8, 4) is 44.9 Å². The predicted molar refractivity (Wildman–Crippen MR) is 191 cm³/mol. The van der Waals surface area contributed by atoms with E-state index in [0.29, 0.717) is 5.25 Å². The minimum Gasteiger partial charge on any atom is -0.227 e. The zero-order chi connectivity index (χ0) is 30.6. The van der Waals surface area contributed by atoms with Gasteiger partial charge in [0.05, 0.1) is 5.69 Å². The Morgan fingerprint density at radius 2 is 1.41 bits per heavy atom. The SMILES string of the molecule is CC1(C)c2cc(-c3nc4c(c(-c5ccccc5)n3)C3=CC=CCC3S4)ccc2-c2cc3c(cc21)-c1ccccc1C31CCCCC1. The minimum absolute atomic E-state index is 0.119. The van der Waals surface area contributed by atoms with Gasteiger partial charge in [-0.1, -0.05) is 130 Å². The standard InChI is InChI=1S/C43H36N2S/c1-42(2)34-23-27(40-44-39(26-13-5-3-6-14-26)38-30-16-8-10-18-37(30)46-41(38)45-40)19-20-29(34)31-25-36-32(24-35(31)42)28-15-7-9-17-33(28)43(36)21-11-4-12-22-43/h3,5-10,13-17,19-20,23-25,37H,4,11-12,18,21-22H2,1-2H3. The number of thioether (sulfide) groups is 1. The number of rotatable bonds is 2. The summed E-state index contributed by atoms with van der Waals surface area (Å²) in [5.74, 6) is 0.824. The van der Waals surface area contributed by atoms with Crippen LogP contribution in [0.2, 0.25) is 0 Å². The largest absolute Gasteiger partial charge is 0.227 e. The van der Waals surface area contributed by atoms with Crippen LogP contribution < -0.4 is 0 Å². The van der Waals surface area contributed by atoms with Gasteiger partial charge in [0.25, 0.3) is 0 Å². The van der Waals surface area contributed by atoms with Gasteiger partial charge in [0.15, 0.2) is 5.82 Å². The number of benzene rings is 4. The summed E-state index contributed by atoms with van der Waals surface area (Å²) in [6.45, 7) is 4.81. The van der Waals surface area contributed by atoms with E-state index in [-0.39, 0.29) is 10.8 Å². The van der Waals surface area contributed by atoms with Crippen LogP contribution in [0.25, 0.3) is 50.5 Å². The molecule has 1 unspecified atom stereocenters. The highest BCUT2D eigenvalue weighted by atomic mass is 32.2. The van der Waals surface area contributed by atoms with Crippen molar-refractivity contribution >= 4 is 17.3 Å². The average molecular weight is 613 g/mol. The van der Waals surface area contributed by atoms with Gasteiger partial charge in [-0.05, 0) is 87.5 Å². The number of fused-ring (bicyclic) bond motifs is 11. The van der Waals surface area contributed by atoms with Gasteiger partial charge in [0, 0.05) is 32.8 Å². The second-order valence-corrected chi connectivity index (χ2v) is 15.5. The lowest BCUT2D eigenvalue weighted by atomic mass is 9.67. The molecule has 3 heteroatoms. The van der Waals surface area contributed by atoms with Crippen LogP contribution in [0.15, 0.2) is 108 Å². The second kappa shape index (κ2) is 9.65. The van der Waals surface area contributed by atoms with Crippen molar-refractivity contribution in [1.29, 1.82) is 0 Å². The number of hydrogen-bond acceptors (Lipinski definition) is 3. The molecule has 1 aromatic heterocycles. The normalized spacial score (nSPS) is 20.4. The third kappa shape index (κ3) is 3.61.